The van der Waals surface area contributed by atoms with E-state index in [-0.39, 0.29) is 18.0 Å². The molecule has 0 bridgehead atoms. The third kappa shape index (κ3) is 18.9. The lowest BCUT2D eigenvalue weighted by molar-refractivity contribution is -0.185. The Morgan fingerprint density at radius 3 is 1.52 bits per heavy atom. The number of piperidine rings is 1. The fraction of sp³-hybridized carbons (Fsp3) is 0.717. The predicted octanol–water partition coefficient (Wildman–Crippen LogP) is 13.8. The molecule has 3 rings (SSSR count). The van der Waals surface area contributed by atoms with Gasteiger partial charge in [-0.2, -0.15) is 0 Å². The highest BCUT2D eigenvalue weighted by atomic mass is 16.8. The van der Waals surface area contributed by atoms with Crippen LogP contribution in [-0.2, 0) is 9.47 Å². The molecule has 0 spiro atoms. The van der Waals surface area contributed by atoms with E-state index in [0.717, 1.165) is 45.2 Å². The number of pyridine rings is 1. The summed E-state index contributed by atoms with van der Waals surface area (Å²) in [5.74, 6) is -0.383. The largest absolute Gasteiger partial charge is 0.369 e. The summed E-state index contributed by atoms with van der Waals surface area (Å²) in [6.07, 6.45) is 55.5. The lowest BCUT2D eigenvalue weighted by Crippen LogP contribution is -2.45. The average Bonchev–Trinajstić information content (AvgIpc) is 3.51. The number of hydrogen-bond acceptors (Lipinski definition) is 4. The minimum atomic E-state index is -0.383. The van der Waals surface area contributed by atoms with Gasteiger partial charge in [0.25, 0.3) is 0 Å². The fourth-order valence-electron chi connectivity index (χ4n) is 7.46. The second kappa shape index (κ2) is 28.4. The van der Waals surface area contributed by atoms with E-state index in [1.165, 1.54) is 141 Å². The van der Waals surface area contributed by atoms with Crippen molar-refractivity contribution in [3.8, 4) is 0 Å². The molecule has 2 unspecified atom stereocenters. The number of ether oxygens (including phenoxy) is 2. The highest BCUT2D eigenvalue weighted by molar-refractivity contribution is 5.45. The molecule has 4 heteroatoms. The topological polar surface area (TPSA) is 34.6 Å². The molecular formula is C46H76N2O2. The first kappa shape index (κ1) is 42.2. The molecule has 0 amide bonds. The lowest BCUT2D eigenvalue weighted by atomic mass is 9.98. The molecule has 3 heterocycles. The molecule has 2 fully saturated rings. The Labute approximate surface area is 309 Å². The molecule has 4 nitrogen and oxygen atoms in total. The quantitative estimate of drug-likeness (QED) is 0.0595. The molecule has 1 aromatic rings. The van der Waals surface area contributed by atoms with Crippen molar-refractivity contribution in [1.82, 2.24) is 4.98 Å². The van der Waals surface area contributed by atoms with Crippen molar-refractivity contribution in [2.75, 3.05) is 18.0 Å². The summed E-state index contributed by atoms with van der Waals surface area (Å²) in [7, 11) is 0. The number of rotatable bonds is 30. The summed E-state index contributed by atoms with van der Waals surface area (Å²) in [5, 5.41) is 0. The van der Waals surface area contributed by atoms with Gasteiger partial charge in [-0.3, -0.25) is 4.98 Å². The number of hydrogen-bond donors (Lipinski definition) is 0. The number of allylic oxidation sites excluding steroid dienone is 8. The molecule has 0 aromatic carbocycles. The van der Waals surface area contributed by atoms with E-state index in [1.54, 1.807) is 0 Å². The molecule has 3 atom stereocenters. The van der Waals surface area contributed by atoms with Crippen LogP contribution in [0.5, 0.6) is 0 Å². The van der Waals surface area contributed by atoms with E-state index in [2.05, 4.69) is 84.5 Å². The number of fused-ring (bicyclic) bond motifs is 1. The third-order valence-electron chi connectivity index (χ3n) is 10.5. The Hall–Kier alpha value is -2.17. The molecule has 282 valence electrons. The predicted molar refractivity (Wildman–Crippen MR) is 217 cm³/mol. The van der Waals surface area contributed by atoms with Crippen LogP contribution in [0.25, 0.3) is 0 Å². The first-order chi connectivity index (χ1) is 24.8. The minimum absolute atomic E-state index is 0.166. The van der Waals surface area contributed by atoms with Crippen LogP contribution in [0, 0.1) is 0 Å². The van der Waals surface area contributed by atoms with Gasteiger partial charge in [-0.05, 0) is 95.6 Å². The van der Waals surface area contributed by atoms with Crippen LogP contribution in [0.1, 0.15) is 181 Å². The van der Waals surface area contributed by atoms with E-state index in [9.17, 15) is 0 Å². The molecular weight excluding hydrogens is 613 g/mol. The van der Waals surface area contributed by atoms with Crippen molar-refractivity contribution in [2.45, 2.75) is 199 Å². The van der Waals surface area contributed by atoms with Crippen molar-refractivity contribution in [2.24, 2.45) is 0 Å². The maximum Gasteiger partial charge on any atom is 0.169 e. The molecule has 2 aliphatic heterocycles. The van der Waals surface area contributed by atoms with Gasteiger partial charge in [0.15, 0.2) is 5.79 Å². The Morgan fingerprint density at radius 1 is 0.580 bits per heavy atom. The monoisotopic (exact) mass is 689 g/mol. The summed E-state index contributed by atoms with van der Waals surface area (Å²) in [5.41, 5.74) is 1.25. The van der Waals surface area contributed by atoms with Gasteiger partial charge in [0.05, 0.1) is 6.10 Å². The summed E-state index contributed by atoms with van der Waals surface area (Å²) < 4.78 is 13.8. The van der Waals surface area contributed by atoms with E-state index >= 15 is 0 Å². The SMILES string of the molecule is CCCCC/C=C\C/C=C\CCCCCCCCC1(CCCCCCC/C=C/C/C=C\CCCCC)OC2CN(c3ccncc3)CC[C@H]2O1. The number of unbranched alkanes of at least 4 members (excludes halogenated alkanes) is 17. The van der Waals surface area contributed by atoms with Crippen LogP contribution in [0.4, 0.5) is 5.69 Å². The molecule has 0 N–H and O–H groups in total. The summed E-state index contributed by atoms with van der Waals surface area (Å²) in [6, 6.07) is 4.24. The fourth-order valence-corrected chi connectivity index (χ4v) is 7.46. The minimum Gasteiger partial charge on any atom is -0.369 e. The van der Waals surface area contributed by atoms with Gasteiger partial charge in [-0.25, -0.2) is 0 Å². The number of nitrogens with zero attached hydrogens (tertiary/aromatic N) is 2. The molecule has 0 aliphatic carbocycles. The van der Waals surface area contributed by atoms with Crippen LogP contribution in [0.15, 0.2) is 73.1 Å². The number of aromatic nitrogens is 1. The van der Waals surface area contributed by atoms with Gasteiger partial charge < -0.3 is 14.4 Å². The van der Waals surface area contributed by atoms with Gasteiger partial charge in [0.1, 0.15) is 6.10 Å². The van der Waals surface area contributed by atoms with Gasteiger partial charge in [0.2, 0.25) is 0 Å². The Morgan fingerprint density at radius 2 is 1.02 bits per heavy atom. The third-order valence-corrected chi connectivity index (χ3v) is 10.5. The smallest absolute Gasteiger partial charge is 0.169 e. The Bertz CT molecular complexity index is 1050. The van der Waals surface area contributed by atoms with Crippen molar-refractivity contribution < 1.29 is 9.47 Å². The first-order valence-corrected chi connectivity index (χ1v) is 21.4. The second-order valence-corrected chi connectivity index (χ2v) is 15.0. The molecule has 1 aromatic heterocycles. The number of anilines is 1. The molecule has 0 saturated carbocycles. The van der Waals surface area contributed by atoms with Crippen molar-refractivity contribution in [3.63, 3.8) is 0 Å². The van der Waals surface area contributed by atoms with Crippen molar-refractivity contribution >= 4 is 5.69 Å². The summed E-state index contributed by atoms with van der Waals surface area (Å²) >= 11 is 0. The maximum absolute atomic E-state index is 6.94. The highest BCUT2D eigenvalue weighted by Gasteiger charge is 2.48. The lowest BCUT2D eigenvalue weighted by Gasteiger charge is -2.34. The molecule has 0 radical (unpaired) electrons. The molecule has 2 saturated heterocycles. The van der Waals surface area contributed by atoms with Crippen LogP contribution < -0.4 is 4.90 Å². The standard InChI is InChI=1S/C46H76N2O2/c1-3-5-7-9-11-13-15-17-19-21-23-25-27-29-31-33-38-46(37-32-30-28-26-24-22-20-18-16-14-12-10-8-6-4-2)49-44-36-41-48(42-45(44)50-46)43-34-39-47-40-35-43/h11-14,17-20,34-35,39-40,44-45H,3-10,15-16,21-33,36-38,41-42H2,1-2H3/b13-11-,14-12-,19-17-,20-18+/t44-,45?,46?/m1/s1. The zero-order valence-electron chi connectivity index (χ0n) is 32.6. The van der Waals surface area contributed by atoms with Crippen molar-refractivity contribution in [3.05, 3.63) is 73.1 Å². The average molecular weight is 689 g/mol. The van der Waals surface area contributed by atoms with E-state index in [0.29, 0.717) is 0 Å². The zero-order chi connectivity index (χ0) is 35.2. The van der Waals surface area contributed by atoms with Gasteiger partial charge in [-0.1, -0.05) is 133 Å². The Balaban J connectivity index is 1.31. The van der Waals surface area contributed by atoms with Crippen LogP contribution in [0.2, 0.25) is 0 Å². The zero-order valence-corrected chi connectivity index (χ0v) is 32.6. The molecule has 2 aliphatic rings. The normalized spacial score (nSPS) is 21.1. The van der Waals surface area contributed by atoms with Gasteiger partial charge >= 0.3 is 0 Å². The van der Waals surface area contributed by atoms with Crippen LogP contribution in [0.3, 0.4) is 0 Å². The van der Waals surface area contributed by atoms with Crippen LogP contribution >= 0.6 is 0 Å². The highest BCUT2D eigenvalue weighted by Crippen LogP contribution is 2.41. The second-order valence-electron chi connectivity index (χ2n) is 15.0. The van der Waals surface area contributed by atoms with Crippen LogP contribution in [-0.4, -0.2) is 36.1 Å². The summed E-state index contributed by atoms with van der Waals surface area (Å²) in [6.45, 7) is 6.48. The molecule has 50 heavy (non-hydrogen) atoms. The first-order valence-electron chi connectivity index (χ1n) is 21.4. The van der Waals surface area contributed by atoms with E-state index < -0.39 is 0 Å². The Kier molecular flexibility index (Phi) is 24.0. The van der Waals surface area contributed by atoms with Gasteiger partial charge in [0, 0.05) is 44.0 Å². The van der Waals surface area contributed by atoms with Gasteiger partial charge in [-0.15, -0.1) is 0 Å². The van der Waals surface area contributed by atoms with Crippen molar-refractivity contribution in [1.29, 1.82) is 0 Å². The maximum atomic E-state index is 6.94. The van der Waals surface area contributed by atoms with E-state index in [1.807, 2.05) is 12.4 Å². The summed E-state index contributed by atoms with van der Waals surface area (Å²) in [4.78, 5) is 6.68. The van der Waals surface area contributed by atoms with E-state index in [4.69, 9.17) is 9.47 Å².